The fourth-order valence-electron chi connectivity index (χ4n) is 1.26. The van der Waals surface area contributed by atoms with E-state index in [1.165, 1.54) is 0 Å². The number of hydrogen-bond donors (Lipinski definition) is 1. The quantitative estimate of drug-likeness (QED) is 0.708. The second-order valence-electron chi connectivity index (χ2n) is 3.05. The molecule has 1 heterocycles. The fraction of sp³-hybridized carbons (Fsp3) is 0.625. The normalized spacial score (nSPS) is 16.0. The maximum absolute atomic E-state index is 9.87. The molecule has 0 spiro atoms. The minimum absolute atomic E-state index is 0.270. The summed E-state index contributed by atoms with van der Waals surface area (Å²) >= 11 is 0. The summed E-state index contributed by atoms with van der Waals surface area (Å²) in [6.07, 6.45) is 1.65. The van der Waals surface area contributed by atoms with E-state index in [4.69, 9.17) is 4.74 Å². The Morgan fingerprint density at radius 2 is 2.42 bits per heavy atom. The predicted molar refractivity (Wildman–Crippen MR) is 44.7 cm³/mol. The van der Waals surface area contributed by atoms with Gasteiger partial charge in [-0.05, 0) is 13.0 Å². The minimum Gasteiger partial charge on any atom is -0.381 e. The van der Waals surface area contributed by atoms with Gasteiger partial charge < -0.3 is 9.84 Å². The Kier molecular flexibility index (Phi) is 2.49. The van der Waals surface area contributed by atoms with Gasteiger partial charge in [-0.15, -0.1) is 0 Å². The highest BCUT2D eigenvalue weighted by Gasteiger charge is 2.25. The van der Waals surface area contributed by atoms with Gasteiger partial charge in [-0.1, -0.05) is 0 Å². The van der Waals surface area contributed by atoms with Gasteiger partial charge in [-0.25, -0.2) is 0 Å². The molecule has 68 valence electrons. The summed E-state index contributed by atoms with van der Waals surface area (Å²) in [5, 5.41) is 13.8. The molecule has 1 atom stereocenters. The van der Waals surface area contributed by atoms with E-state index in [1.54, 1.807) is 38.0 Å². The van der Waals surface area contributed by atoms with Crippen molar-refractivity contribution in [3.8, 4) is 0 Å². The van der Waals surface area contributed by atoms with Crippen molar-refractivity contribution in [1.29, 1.82) is 0 Å². The highest BCUT2D eigenvalue weighted by molar-refractivity contribution is 5.10. The molecule has 4 nitrogen and oxygen atoms in total. The fourth-order valence-corrected chi connectivity index (χ4v) is 1.26. The van der Waals surface area contributed by atoms with Crippen LogP contribution in [-0.4, -0.2) is 28.6 Å². The number of hydrogen-bond acceptors (Lipinski definition) is 3. The first-order valence-electron chi connectivity index (χ1n) is 3.78. The molecule has 1 N–H and O–H groups in total. The third-order valence-corrected chi connectivity index (χ3v) is 1.80. The Bertz CT molecular complexity index is 255. The van der Waals surface area contributed by atoms with Crippen molar-refractivity contribution in [1.82, 2.24) is 9.78 Å². The van der Waals surface area contributed by atoms with E-state index in [9.17, 15) is 5.11 Å². The highest BCUT2D eigenvalue weighted by atomic mass is 16.5. The van der Waals surface area contributed by atoms with Crippen LogP contribution in [0.1, 0.15) is 12.6 Å². The third kappa shape index (κ3) is 1.65. The smallest absolute Gasteiger partial charge is 0.126 e. The standard InChI is InChI=1S/C8H14N2O2/c1-8(11,6-12-3)7-4-5-9-10(7)2/h4-5,11H,6H2,1-3H3. The summed E-state index contributed by atoms with van der Waals surface area (Å²) < 4.78 is 6.53. The molecule has 0 fully saturated rings. The van der Waals surface area contributed by atoms with Crippen LogP contribution in [0.4, 0.5) is 0 Å². The summed E-state index contributed by atoms with van der Waals surface area (Å²) in [6.45, 7) is 1.97. The molecule has 1 unspecified atom stereocenters. The molecule has 4 heteroatoms. The topological polar surface area (TPSA) is 47.3 Å². The lowest BCUT2D eigenvalue weighted by Crippen LogP contribution is -2.29. The SMILES string of the molecule is COCC(C)(O)c1ccnn1C. The van der Waals surface area contributed by atoms with Crippen molar-refractivity contribution in [2.75, 3.05) is 13.7 Å². The zero-order valence-corrected chi connectivity index (χ0v) is 7.61. The molecule has 0 radical (unpaired) electrons. The first kappa shape index (κ1) is 9.22. The van der Waals surface area contributed by atoms with E-state index in [-0.39, 0.29) is 6.61 Å². The van der Waals surface area contributed by atoms with E-state index < -0.39 is 5.60 Å². The van der Waals surface area contributed by atoms with Crippen LogP contribution in [0, 0.1) is 0 Å². The molecule has 0 aromatic carbocycles. The number of aliphatic hydroxyl groups is 1. The van der Waals surface area contributed by atoms with Gasteiger partial charge in [0.15, 0.2) is 0 Å². The van der Waals surface area contributed by atoms with Gasteiger partial charge in [0, 0.05) is 20.4 Å². The summed E-state index contributed by atoms with van der Waals surface area (Å²) in [5.41, 5.74) is -0.204. The number of aromatic nitrogens is 2. The maximum atomic E-state index is 9.87. The molecule has 0 saturated carbocycles. The Morgan fingerprint density at radius 3 is 2.83 bits per heavy atom. The van der Waals surface area contributed by atoms with E-state index in [2.05, 4.69) is 5.10 Å². The Labute approximate surface area is 71.8 Å². The number of methoxy groups -OCH3 is 1. The molecule has 0 amide bonds. The van der Waals surface area contributed by atoms with Gasteiger partial charge in [0.25, 0.3) is 0 Å². The van der Waals surface area contributed by atoms with E-state index >= 15 is 0 Å². The molecular formula is C8H14N2O2. The summed E-state index contributed by atoms with van der Waals surface area (Å²) in [7, 11) is 3.35. The second kappa shape index (κ2) is 3.25. The number of nitrogens with zero attached hydrogens (tertiary/aromatic N) is 2. The van der Waals surface area contributed by atoms with Crippen LogP contribution in [0.5, 0.6) is 0 Å². The average Bonchev–Trinajstić information content (AvgIpc) is 2.35. The second-order valence-corrected chi connectivity index (χ2v) is 3.05. The van der Waals surface area contributed by atoms with Crippen molar-refractivity contribution in [3.05, 3.63) is 18.0 Å². The lowest BCUT2D eigenvalue weighted by Gasteiger charge is -2.22. The van der Waals surface area contributed by atoms with E-state index in [0.717, 1.165) is 5.69 Å². The van der Waals surface area contributed by atoms with Crippen molar-refractivity contribution in [2.24, 2.45) is 7.05 Å². The molecule has 0 bridgehead atoms. The zero-order valence-electron chi connectivity index (χ0n) is 7.61. The lowest BCUT2D eigenvalue weighted by atomic mass is 10.0. The first-order chi connectivity index (χ1) is 5.58. The zero-order chi connectivity index (χ0) is 9.19. The summed E-state index contributed by atoms with van der Waals surface area (Å²) in [6, 6.07) is 1.78. The van der Waals surface area contributed by atoms with E-state index in [0.29, 0.717) is 0 Å². The third-order valence-electron chi connectivity index (χ3n) is 1.80. The molecule has 12 heavy (non-hydrogen) atoms. The van der Waals surface area contributed by atoms with Gasteiger partial charge in [0.1, 0.15) is 5.60 Å². The van der Waals surface area contributed by atoms with Crippen LogP contribution in [-0.2, 0) is 17.4 Å². The molecule has 1 rings (SSSR count). The Hall–Kier alpha value is -0.870. The van der Waals surface area contributed by atoms with Crippen molar-refractivity contribution in [2.45, 2.75) is 12.5 Å². The highest BCUT2D eigenvalue weighted by Crippen LogP contribution is 2.18. The number of rotatable bonds is 3. The van der Waals surface area contributed by atoms with Gasteiger partial charge in [0.2, 0.25) is 0 Å². The van der Waals surface area contributed by atoms with E-state index in [1.807, 2.05) is 0 Å². The van der Waals surface area contributed by atoms with Crippen LogP contribution < -0.4 is 0 Å². The van der Waals surface area contributed by atoms with Crippen LogP contribution in [0.25, 0.3) is 0 Å². The van der Waals surface area contributed by atoms with Gasteiger partial charge in [-0.3, -0.25) is 4.68 Å². The molecule has 0 aliphatic carbocycles. The van der Waals surface area contributed by atoms with Crippen LogP contribution in [0.2, 0.25) is 0 Å². The van der Waals surface area contributed by atoms with Crippen molar-refractivity contribution >= 4 is 0 Å². The summed E-state index contributed by atoms with van der Waals surface area (Å²) in [4.78, 5) is 0. The van der Waals surface area contributed by atoms with Gasteiger partial charge >= 0.3 is 0 Å². The van der Waals surface area contributed by atoms with Crippen molar-refractivity contribution < 1.29 is 9.84 Å². The van der Waals surface area contributed by atoms with Gasteiger partial charge in [-0.2, -0.15) is 5.10 Å². The molecule has 0 saturated heterocycles. The molecule has 0 aliphatic heterocycles. The van der Waals surface area contributed by atoms with Crippen LogP contribution >= 0.6 is 0 Å². The van der Waals surface area contributed by atoms with Crippen molar-refractivity contribution in [3.63, 3.8) is 0 Å². The minimum atomic E-state index is -0.958. The predicted octanol–water partition coefficient (Wildman–Crippen LogP) is 0.274. The Morgan fingerprint density at radius 1 is 1.75 bits per heavy atom. The average molecular weight is 170 g/mol. The number of aryl methyl sites for hydroxylation is 1. The Balaban J connectivity index is 2.88. The molecule has 0 aliphatic rings. The molecular weight excluding hydrogens is 156 g/mol. The summed E-state index contributed by atoms with van der Waals surface area (Å²) in [5.74, 6) is 0. The monoisotopic (exact) mass is 170 g/mol. The first-order valence-corrected chi connectivity index (χ1v) is 3.78. The molecule has 1 aromatic rings. The molecule has 1 aromatic heterocycles. The maximum Gasteiger partial charge on any atom is 0.126 e. The number of ether oxygens (including phenoxy) is 1. The largest absolute Gasteiger partial charge is 0.381 e. The van der Waals surface area contributed by atoms with Crippen LogP contribution in [0.3, 0.4) is 0 Å². The van der Waals surface area contributed by atoms with Crippen LogP contribution in [0.15, 0.2) is 12.3 Å². The lowest BCUT2D eigenvalue weighted by molar-refractivity contribution is -0.0265. The van der Waals surface area contributed by atoms with Gasteiger partial charge in [0.05, 0.1) is 12.3 Å².